The Balaban J connectivity index is 1.98. The summed E-state index contributed by atoms with van der Waals surface area (Å²) >= 11 is 6.06. The van der Waals surface area contributed by atoms with Gasteiger partial charge in [-0.25, -0.2) is 9.50 Å². The molecule has 2 aromatic heterocycles. The molecule has 0 spiro atoms. The van der Waals surface area contributed by atoms with Crippen LogP contribution in [0.25, 0.3) is 5.65 Å². The van der Waals surface area contributed by atoms with Gasteiger partial charge in [0.05, 0.1) is 0 Å². The van der Waals surface area contributed by atoms with Crippen LogP contribution in [-0.4, -0.2) is 14.6 Å². The maximum atomic E-state index is 6.06. The molecular formula is C14H12ClN3. The van der Waals surface area contributed by atoms with Gasteiger partial charge in [0.2, 0.25) is 0 Å². The quantitative estimate of drug-likeness (QED) is 0.660. The van der Waals surface area contributed by atoms with Crippen molar-refractivity contribution in [1.29, 1.82) is 0 Å². The Morgan fingerprint density at radius 2 is 2.00 bits per heavy atom. The van der Waals surface area contributed by atoms with E-state index in [1.807, 2.05) is 18.2 Å². The Morgan fingerprint density at radius 1 is 1.17 bits per heavy atom. The third kappa shape index (κ3) is 2.09. The lowest BCUT2D eigenvalue weighted by Crippen LogP contribution is -1.93. The second kappa shape index (κ2) is 4.42. The van der Waals surface area contributed by atoms with Crippen molar-refractivity contribution < 1.29 is 0 Å². The fourth-order valence-corrected chi connectivity index (χ4v) is 2.19. The topological polar surface area (TPSA) is 30.2 Å². The summed E-state index contributed by atoms with van der Waals surface area (Å²) in [5.41, 5.74) is 3.24. The van der Waals surface area contributed by atoms with Crippen LogP contribution in [0, 0.1) is 6.92 Å². The Kier molecular flexibility index (Phi) is 2.76. The number of hydrogen-bond acceptors (Lipinski definition) is 2. The Hall–Kier alpha value is -1.87. The van der Waals surface area contributed by atoms with Gasteiger partial charge in [0.15, 0.2) is 11.5 Å². The van der Waals surface area contributed by atoms with Gasteiger partial charge in [-0.1, -0.05) is 47.5 Å². The van der Waals surface area contributed by atoms with E-state index in [1.54, 1.807) is 10.6 Å². The fourth-order valence-electron chi connectivity index (χ4n) is 2.00. The highest BCUT2D eigenvalue weighted by atomic mass is 35.5. The summed E-state index contributed by atoms with van der Waals surface area (Å²) in [4.78, 5) is 4.47. The van der Waals surface area contributed by atoms with E-state index in [9.17, 15) is 0 Å². The lowest BCUT2D eigenvalue weighted by atomic mass is 10.1. The molecule has 0 atom stereocenters. The third-order valence-electron chi connectivity index (χ3n) is 2.80. The predicted octanol–water partition coefficient (Wildman–Crippen LogP) is 3.28. The molecule has 3 aromatic rings. The van der Waals surface area contributed by atoms with E-state index >= 15 is 0 Å². The molecule has 0 aliphatic heterocycles. The van der Waals surface area contributed by atoms with Crippen molar-refractivity contribution in [2.24, 2.45) is 0 Å². The van der Waals surface area contributed by atoms with Crippen LogP contribution in [0.1, 0.15) is 17.0 Å². The molecule has 3 rings (SSSR count). The molecule has 0 saturated heterocycles. The first kappa shape index (κ1) is 11.2. The van der Waals surface area contributed by atoms with E-state index in [4.69, 9.17) is 11.6 Å². The van der Waals surface area contributed by atoms with Gasteiger partial charge in [0, 0.05) is 6.42 Å². The summed E-state index contributed by atoms with van der Waals surface area (Å²) in [5, 5.41) is 4.99. The number of aromatic nitrogens is 3. The lowest BCUT2D eigenvalue weighted by Gasteiger charge is -1.98. The van der Waals surface area contributed by atoms with Crippen LogP contribution < -0.4 is 0 Å². The average Bonchev–Trinajstić information content (AvgIpc) is 2.73. The minimum Gasteiger partial charge on any atom is -0.212 e. The average molecular weight is 258 g/mol. The SMILES string of the molecule is Cc1cccc(Cc2nc3cccc(Cl)n3n2)c1. The second-order valence-electron chi connectivity index (χ2n) is 4.31. The minimum absolute atomic E-state index is 0.579. The first-order chi connectivity index (χ1) is 8.72. The zero-order valence-corrected chi connectivity index (χ0v) is 10.7. The van der Waals surface area contributed by atoms with Crippen LogP contribution >= 0.6 is 11.6 Å². The number of hydrogen-bond donors (Lipinski definition) is 0. The van der Waals surface area contributed by atoms with Gasteiger partial charge in [0.25, 0.3) is 0 Å². The maximum Gasteiger partial charge on any atom is 0.157 e. The smallest absolute Gasteiger partial charge is 0.157 e. The zero-order valence-electron chi connectivity index (χ0n) is 9.97. The first-order valence-electron chi connectivity index (χ1n) is 5.78. The van der Waals surface area contributed by atoms with E-state index < -0.39 is 0 Å². The van der Waals surface area contributed by atoms with Crippen molar-refractivity contribution in [1.82, 2.24) is 14.6 Å². The molecule has 3 nitrogen and oxygen atoms in total. The summed E-state index contributed by atoms with van der Waals surface area (Å²) in [7, 11) is 0. The van der Waals surface area contributed by atoms with Crippen molar-refractivity contribution in [2.75, 3.05) is 0 Å². The van der Waals surface area contributed by atoms with Crippen LogP contribution in [0.5, 0.6) is 0 Å². The lowest BCUT2D eigenvalue weighted by molar-refractivity contribution is 0.900. The first-order valence-corrected chi connectivity index (χ1v) is 6.16. The Morgan fingerprint density at radius 3 is 2.78 bits per heavy atom. The number of halogens is 1. The second-order valence-corrected chi connectivity index (χ2v) is 4.70. The number of aryl methyl sites for hydroxylation is 1. The van der Waals surface area contributed by atoms with Gasteiger partial charge in [-0.15, -0.1) is 5.10 Å². The van der Waals surface area contributed by atoms with Gasteiger partial charge >= 0.3 is 0 Å². The predicted molar refractivity (Wildman–Crippen MR) is 72.0 cm³/mol. The van der Waals surface area contributed by atoms with E-state index in [1.165, 1.54) is 11.1 Å². The molecule has 18 heavy (non-hydrogen) atoms. The normalized spacial score (nSPS) is 11.0. The van der Waals surface area contributed by atoms with Gasteiger partial charge < -0.3 is 0 Å². The van der Waals surface area contributed by atoms with Crippen LogP contribution in [0.2, 0.25) is 5.15 Å². The van der Waals surface area contributed by atoms with Crippen LogP contribution in [0.15, 0.2) is 42.5 Å². The molecule has 2 heterocycles. The summed E-state index contributed by atoms with van der Waals surface area (Å²) in [6.07, 6.45) is 0.722. The highest BCUT2D eigenvalue weighted by molar-refractivity contribution is 6.29. The van der Waals surface area contributed by atoms with Crippen molar-refractivity contribution in [3.05, 3.63) is 64.6 Å². The highest BCUT2D eigenvalue weighted by Crippen LogP contribution is 2.13. The molecule has 0 saturated carbocycles. The van der Waals surface area contributed by atoms with Gasteiger partial charge in [0.1, 0.15) is 5.15 Å². The highest BCUT2D eigenvalue weighted by Gasteiger charge is 2.06. The fraction of sp³-hybridized carbons (Fsp3) is 0.143. The van der Waals surface area contributed by atoms with E-state index in [2.05, 4.69) is 35.2 Å². The standard InChI is InChI=1S/C14H12ClN3/c1-10-4-2-5-11(8-10)9-13-16-14-7-3-6-12(15)18(14)17-13/h2-8H,9H2,1H3. The number of pyridine rings is 1. The summed E-state index contributed by atoms with van der Waals surface area (Å²) in [6, 6.07) is 13.9. The van der Waals surface area contributed by atoms with Crippen molar-refractivity contribution >= 4 is 17.2 Å². The summed E-state index contributed by atoms with van der Waals surface area (Å²) in [5.74, 6) is 0.786. The van der Waals surface area contributed by atoms with Crippen LogP contribution in [0.3, 0.4) is 0 Å². The Bertz CT molecular complexity index is 703. The Labute approximate surface area is 110 Å². The molecule has 1 aromatic carbocycles. The molecule has 0 aliphatic rings. The largest absolute Gasteiger partial charge is 0.212 e. The minimum atomic E-state index is 0.579. The molecule has 0 amide bonds. The maximum absolute atomic E-state index is 6.06. The van der Waals surface area contributed by atoms with E-state index in [-0.39, 0.29) is 0 Å². The van der Waals surface area contributed by atoms with Crippen molar-refractivity contribution in [3.8, 4) is 0 Å². The van der Waals surface area contributed by atoms with Gasteiger partial charge in [-0.05, 0) is 24.6 Å². The third-order valence-corrected chi connectivity index (χ3v) is 3.09. The monoisotopic (exact) mass is 257 g/mol. The van der Waals surface area contributed by atoms with Crippen LogP contribution in [0.4, 0.5) is 0 Å². The molecule has 90 valence electrons. The molecule has 0 aliphatic carbocycles. The van der Waals surface area contributed by atoms with E-state index in [0.717, 1.165) is 17.9 Å². The molecule has 0 radical (unpaired) electrons. The van der Waals surface area contributed by atoms with Gasteiger partial charge in [-0.2, -0.15) is 0 Å². The van der Waals surface area contributed by atoms with Crippen molar-refractivity contribution in [3.63, 3.8) is 0 Å². The zero-order chi connectivity index (χ0) is 12.5. The molecule has 0 unspecified atom stereocenters. The van der Waals surface area contributed by atoms with Crippen LogP contribution in [-0.2, 0) is 6.42 Å². The molecule has 0 fully saturated rings. The van der Waals surface area contributed by atoms with Crippen molar-refractivity contribution in [2.45, 2.75) is 13.3 Å². The number of benzene rings is 1. The molecule has 0 N–H and O–H groups in total. The molecule has 0 bridgehead atoms. The summed E-state index contributed by atoms with van der Waals surface area (Å²) < 4.78 is 1.66. The number of rotatable bonds is 2. The number of fused-ring (bicyclic) bond motifs is 1. The van der Waals surface area contributed by atoms with Gasteiger partial charge in [-0.3, -0.25) is 0 Å². The number of nitrogens with zero attached hydrogens (tertiary/aromatic N) is 3. The molecular weight excluding hydrogens is 246 g/mol. The van der Waals surface area contributed by atoms with E-state index in [0.29, 0.717) is 5.15 Å². The molecule has 4 heteroatoms. The summed E-state index contributed by atoms with van der Waals surface area (Å²) in [6.45, 7) is 2.08.